The van der Waals surface area contributed by atoms with Gasteiger partial charge in [0, 0.05) is 19.6 Å². The minimum atomic E-state index is -0.786. The molecule has 0 bridgehead atoms. The maximum absolute atomic E-state index is 13.1. The largest absolute Gasteiger partial charge is 0.493 e. The van der Waals surface area contributed by atoms with Crippen LogP contribution in [-0.4, -0.2) is 49.8 Å². The van der Waals surface area contributed by atoms with Crippen LogP contribution in [0.15, 0.2) is 41.4 Å². The lowest BCUT2D eigenvalue weighted by Gasteiger charge is -2.32. The van der Waals surface area contributed by atoms with Crippen LogP contribution in [-0.2, 0) is 13.0 Å². The first-order valence-electron chi connectivity index (χ1n) is 9.76. The topological polar surface area (TPSA) is 66.3 Å². The third kappa shape index (κ3) is 4.98. The molecule has 156 valence electrons. The minimum Gasteiger partial charge on any atom is -0.493 e. The molecule has 0 fully saturated rings. The molecule has 2 aromatic carbocycles. The van der Waals surface area contributed by atoms with Gasteiger partial charge in [0.25, 0.3) is 0 Å². The Balaban J connectivity index is 1.75. The Bertz CT molecular complexity index is 855. The number of hydrogen-bond donors (Lipinski definition) is 2. The van der Waals surface area contributed by atoms with Crippen LogP contribution < -0.4 is 14.8 Å². The summed E-state index contributed by atoms with van der Waals surface area (Å²) in [5.41, 5.74) is 3.05. The quantitative estimate of drug-likeness (QED) is 0.576. The first kappa shape index (κ1) is 20.9. The van der Waals surface area contributed by atoms with Gasteiger partial charge < -0.3 is 24.8 Å². The molecule has 1 unspecified atom stereocenters. The molecule has 0 aliphatic carbocycles. The summed E-state index contributed by atoms with van der Waals surface area (Å²) in [4.78, 5) is 6.78. The van der Waals surface area contributed by atoms with E-state index in [9.17, 15) is 9.50 Å². The zero-order valence-electron chi connectivity index (χ0n) is 17.1. The van der Waals surface area contributed by atoms with E-state index in [4.69, 9.17) is 9.47 Å². The van der Waals surface area contributed by atoms with Crippen LogP contribution >= 0.6 is 0 Å². The van der Waals surface area contributed by atoms with Crippen molar-refractivity contribution in [2.24, 2.45) is 4.99 Å². The van der Waals surface area contributed by atoms with Gasteiger partial charge in [0.15, 0.2) is 17.5 Å². The number of benzene rings is 2. The SMILES string of the molecule is CCNC(=NCC(O)c1ccc(F)cc1)N1CCc2cc(OC)c(OC)cc2C1. The summed E-state index contributed by atoms with van der Waals surface area (Å²) >= 11 is 0. The first-order chi connectivity index (χ1) is 14.0. The molecule has 7 heteroatoms. The number of aliphatic hydroxyl groups excluding tert-OH is 1. The Hall–Kier alpha value is -2.80. The summed E-state index contributed by atoms with van der Waals surface area (Å²) in [7, 11) is 3.27. The van der Waals surface area contributed by atoms with Gasteiger partial charge in [0.1, 0.15) is 5.82 Å². The zero-order chi connectivity index (χ0) is 20.8. The monoisotopic (exact) mass is 401 g/mol. The van der Waals surface area contributed by atoms with Crippen LogP contribution in [0.1, 0.15) is 29.7 Å². The van der Waals surface area contributed by atoms with Crippen molar-refractivity contribution in [2.45, 2.75) is 26.0 Å². The molecule has 29 heavy (non-hydrogen) atoms. The van der Waals surface area contributed by atoms with E-state index in [1.807, 2.05) is 19.1 Å². The molecule has 0 saturated carbocycles. The van der Waals surface area contributed by atoms with Crippen LogP contribution in [0.3, 0.4) is 0 Å². The molecule has 1 atom stereocenters. The lowest BCUT2D eigenvalue weighted by molar-refractivity contribution is 0.186. The van der Waals surface area contributed by atoms with Crippen molar-refractivity contribution in [1.82, 2.24) is 10.2 Å². The molecule has 6 nitrogen and oxygen atoms in total. The van der Waals surface area contributed by atoms with E-state index in [1.165, 1.54) is 23.3 Å². The summed E-state index contributed by atoms with van der Waals surface area (Å²) < 4.78 is 23.9. The van der Waals surface area contributed by atoms with Crippen molar-refractivity contribution in [3.05, 3.63) is 58.9 Å². The molecule has 0 saturated heterocycles. The van der Waals surface area contributed by atoms with Gasteiger partial charge in [-0.25, -0.2) is 4.39 Å². The highest BCUT2D eigenvalue weighted by atomic mass is 19.1. The van der Waals surface area contributed by atoms with Crippen LogP contribution in [0.2, 0.25) is 0 Å². The van der Waals surface area contributed by atoms with E-state index in [2.05, 4.69) is 15.2 Å². The van der Waals surface area contributed by atoms with E-state index in [0.29, 0.717) is 17.9 Å². The molecule has 2 N–H and O–H groups in total. The number of methoxy groups -OCH3 is 2. The number of rotatable bonds is 6. The Morgan fingerprint density at radius 3 is 2.45 bits per heavy atom. The van der Waals surface area contributed by atoms with Crippen molar-refractivity contribution < 1.29 is 19.0 Å². The minimum absolute atomic E-state index is 0.198. The van der Waals surface area contributed by atoms with E-state index in [-0.39, 0.29) is 12.4 Å². The molecule has 0 spiro atoms. The smallest absolute Gasteiger partial charge is 0.194 e. The highest BCUT2D eigenvalue weighted by Crippen LogP contribution is 2.33. The van der Waals surface area contributed by atoms with Crippen molar-refractivity contribution in [3.8, 4) is 11.5 Å². The summed E-state index contributed by atoms with van der Waals surface area (Å²) in [6, 6.07) is 9.90. The second-order valence-corrected chi connectivity index (χ2v) is 6.91. The van der Waals surface area contributed by atoms with Gasteiger partial charge in [-0.2, -0.15) is 0 Å². The molecular weight excluding hydrogens is 373 g/mol. The second kappa shape index (κ2) is 9.60. The number of aliphatic hydroxyl groups is 1. The fraction of sp³-hybridized carbons (Fsp3) is 0.409. The van der Waals surface area contributed by atoms with Crippen LogP contribution in [0.5, 0.6) is 11.5 Å². The maximum Gasteiger partial charge on any atom is 0.194 e. The van der Waals surface area contributed by atoms with Gasteiger partial charge in [-0.15, -0.1) is 0 Å². The van der Waals surface area contributed by atoms with Crippen LogP contribution in [0.4, 0.5) is 4.39 Å². The number of aliphatic imine (C=N–C) groups is 1. The van der Waals surface area contributed by atoms with E-state index >= 15 is 0 Å². The molecule has 1 aliphatic rings. The van der Waals surface area contributed by atoms with Crippen molar-refractivity contribution >= 4 is 5.96 Å². The number of nitrogens with zero attached hydrogens (tertiary/aromatic N) is 2. The molecule has 1 heterocycles. The number of fused-ring (bicyclic) bond motifs is 1. The van der Waals surface area contributed by atoms with Gasteiger partial charge in [0.2, 0.25) is 0 Å². The van der Waals surface area contributed by atoms with Crippen LogP contribution in [0.25, 0.3) is 0 Å². The van der Waals surface area contributed by atoms with Crippen molar-refractivity contribution in [1.29, 1.82) is 0 Å². The van der Waals surface area contributed by atoms with Gasteiger partial charge in [-0.1, -0.05) is 12.1 Å². The highest BCUT2D eigenvalue weighted by Gasteiger charge is 2.22. The number of guanidine groups is 1. The average molecular weight is 401 g/mol. The van der Waals surface area contributed by atoms with Gasteiger partial charge in [0.05, 0.1) is 26.9 Å². The van der Waals surface area contributed by atoms with E-state index in [0.717, 1.165) is 31.2 Å². The predicted molar refractivity (Wildman–Crippen MR) is 111 cm³/mol. The van der Waals surface area contributed by atoms with Gasteiger partial charge in [-0.3, -0.25) is 4.99 Å². The lowest BCUT2D eigenvalue weighted by Crippen LogP contribution is -2.44. The normalized spacial score (nSPS) is 14.9. The molecule has 0 radical (unpaired) electrons. The average Bonchev–Trinajstić information content (AvgIpc) is 2.75. The molecule has 0 amide bonds. The Kier molecular flexibility index (Phi) is 6.93. The Morgan fingerprint density at radius 2 is 1.83 bits per heavy atom. The van der Waals surface area contributed by atoms with Crippen molar-refractivity contribution in [3.63, 3.8) is 0 Å². The second-order valence-electron chi connectivity index (χ2n) is 6.91. The van der Waals surface area contributed by atoms with Gasteiger partial charge >= 0.3 is 0 Å². The van der Waals surface area contributed by atoms with E-state index < -0.39 is 6.10 Å². The molecular formula is C22H28FN3O3. The Morgan fingerprint density at radius 1 is 1.17 bits per heavy atom. The first-order valence-corrected chi connectivity index (χ1v) is 9.76. The third-order valence-corrected chi connectivity index (χ3v) is 5.02. The summed E-state index contributed by atoms with van der Waals surface area (Å²) in [6.07, 6.45) is 0.0753. The predicted octanol–water partition coefficient (Wildman–Crippen LogP) is 2.90. The Labute approximate surface area is 171 Å². The van der Waals surface area contributed by atoms with Crippen LogP contribution in [0, 0.1) is 5.82 Å². The van der Waals surface area contributed by atoms with E-state index in [1.54, 1.807) is 26.4 Å². The number of nitrogens with one attached hydrogen (secondary N) is 1. The zero-order valence-corrected chi connectivity index (χ0v) is 17.1. The maximum atomic E-state index is 13.1. The number of halogens is 1. The highest BCUT2D eigenvalue weighted by molar-refractivity contribution is 5.80. The summed E-state index contributed by atoms with van der Waals surface area (Å²) in [6.45, 7) is 4.43. The summed E-state index contributed by atoms with van der Waals surface area (Å²) in [5, 5.41) is 13.7. The van der Waals surface area contributed by atoms with Gasteiger partial charge in [-0.05, 0) is 54.3 Å². The molecule has 0 aromatic heterocycles. The number of ether oxygens (including phenoxy) is 2. The lowest BCUT2D eigenvalue weighted by atomic mass is 9.99. The molecule has 1 aliphatic heterocycles. The fourth-order valence-corrected chi connectivity index (χ4v) is 3.45. The number of hydrogen-bond acceptors (Lipinski definition) is 4. The fourth-order valence-electron chi connectivity index (χ4n) is 3.45. The summed E-state index contributed by atoms with van der Waals surface area (Å²) in [5.74, 6) is 1.87. The van der Waals surface area contributed by atoms with Crippen molar-refractivity contribution in [2.75, 3.05) is 33.9 Å². The molecule has 2 aromatic rings. The third-order valence-electron chi connectivity index (χ3n) is 5.02. The standard InChI is InChI=1S/C22H28FN3O3/c1-4-24-22(25-13-19(27)15-5-7-18(23)8-6-15)26-10-9-16-11-20(28-2)21(29-3)12-17(16)14-26/h5-8,11-12,19,27H,4,9-10,13-14H2,1-3H3,(H,24,25). The molecule has 3 rings (SSSR count).